The summed E-state index contributed by atoms with van der Waals surface area (Å²) in [7, 11) is 3.27. The molecular formula is C15H18N2O4. The van der Waals surface area contributed by atoms with Crippen LogP contribution in [0.3, 0.4) is 0 Å². The molecule has 6 nitrogen and oxygen atoms in total. The van der Waals surface area contributed by atoms with E-state index in [1.165, 1.54) is 15.9 Å². The maximum atomic E-state index is 12.4. The topological polar surface area (TPSA) is 77.9 Å². The Morgan fingerprint density at radius 3 is 2.52 bits per heavy atom. The van der Waals surface area contributed by atoms with Gasteiger partial charge in [-0.15, -0.1) is 0 Å². The van der Waals surface area contributed by atoms with Crippen LogP contribution >= 0.6 is 0 Å². The fourth-order valence-corrected chi connectivity index (χ4v) is 2.48. The summed E-state index contributed by atoms with van der Waals surface area (Å²) >= 11 is 0. The Morgan fingerprint density at radius 1 is 1.24 bits per heavy atom. The van der Waals surface area contributed by atoms with Crippen molar-refractivity contribution in [1.82, 2.24) is 9.80 Å². The maximum absolute atomic E-state index is 12.4. The van der Waals surface area contributed by atoms with E-state index in [-0.39, 0.29) is 11.8 Å². The zero-order valence-corrected chi connectivity index (χ0v) is 12.1. The first-order valence-corrected chi connectivity index (χ1v) is 6.77. The van der Waals surface area contributed by atoms with Gasteiger partial charge in [0.1, 0.15) is 6.04 Å². The quantitative estimate of drug-likeness (QED) is 0.903. The largest absolute Gasteiger partial charge is 0.480 e. The summed E-state index contributed by atoms with van der Waals surface area (Å²) in [5, 5.41) is 9.14. The first-order valence-electron chi connectivity index (χ1n) is 6.77. The molecule has 2 rings (SSSR count). The zero-order chi connectivity index (χ0) is 15.6. The van der Waals surface area contributed by atoms with Crippen LogP contribution in [0.2, 0.25) is 0 Å². The third kappa shape index (κ3) is 3.04. The number of amides is 2. The molecule has 0 unspecified atom stereocenters. The Hall–Kier alpha value is -2.37. The summed E-state index contributed by atoms with van der Waals surface area (Å²) in [5.41, 5.74) is 0.757. The van der Waals surface area contributed by atoms with E-state index in [4.69, 9.17) is 5.11 Å². The number of hydrogen-bond donors (Lipinski definition) is 1. The van der Waals surface area contributed by atoms with Gasteiger partial charge in [0.15, 0.2) is 0 Å². The predicted molar refractivity (Wildman–Crippen MR) is 76.2 cm³/mol. The fourth-order valence-electron chi connectivity index (χ4n) is 2.48. The molecule has 6 heteroatoms. The van der Waals surface area contributed by atoms with Crippen LogP contribution in [0.15, 0.2) is 24.3 Å². The minimum Gasteiger partial charge on any atom is -0.480 e. The minimum absolute atomic E-state index is 0.194. The van der Waals surface area contributed by atoms with E-state index in [1.807, 2.05) is 0 Å². The second kappa shape index (κ2) is 5.95. The van der Waals surface area contributed by atoms with Crippen LogP contribution in [0, 0.1) is 0 Å². The number of rotatable bonds is 3. The fraction of sp³-hybridized carbons (Fsp3) is 0.400. The van der Waals surface area contributed by atoms with Crippen molar-refractivity contribution in [3.8, 4) is 0 Å². The van der Waals surface area contributed by atoms with E-state index >= 15 is 0 Å². The molecular weight excluding hydrogens is 272 g/mol. The Morgan fingerprint density at radius 2 is 1.90 bits per heavy atom. The highest BCUT2D eigenvalue weighted by atomic mass is 16.4. The zero-order valence-electron chi connectivity index (χ0n) is 12.1. The summed E-state index contributed by atoms with van der Waals surface area (Å²) in [6, 6.07) is 5.62. The van der Waals surface area contributed by atoms with Gasteiger partial charge in [0, 0.05) is 31.8 Å². The van der Waals surface area contributed by atoms with Gasteiger partial charge >= 0.3 is 5.97 Å². The van der Waals surface area contributed by atoms with Gasteiger partial charge in [-0.1, -0.05) is 6.07 Å². The molecule has 1 aromatic carbocycles. The SMILES string of the molecule is CN(C)C(=O)c1cccc(C(=O)N2CCC[C@@H]2C(=O)O)c1. The first kappa shape index (κ1) is 15.0. The van der Waals surface area contributed by atoms with Crippen LogP contribution in [0.4, 0.5) is 0 Å². The van der Waals surface area contributed by atoms with Gasteiger partial charge in [-0.2, -0.15) is 0 Å². The molecule has 1 atom stereocenters. The molecule has 0 saturated carbocycles. The van der Waals surface area contributed by atoms with Crippen LogP contribution in [-0.2, 0) is 4.79 Å². The molecule has 1 aromatic rings. The lowest BCUT2D eigenvalue weighted by Gasteiger charge is -2.21. The van der Waals surface area contributed by atoms with Crippen LogP contribution < -0.4 is 0 Å². The van der Waals surface area contributed by atoms with E-state index in [9.17, 15) is 14.4 Å². The molecule has 0 aliphatic carbocycles. The van der Waals surface area contributed by atoms with Gasteiger partial charge < -0.3 is 14.9 Å². The highest BCUT2D eigenvalue weighted by molar-refractivity contribution is 6.00. The highest BCUT2D eigenvalue weighted by Gasteiger charge is 2.34. The summed E-state index contributed by atoms with van der Waals surface area (Å²) in [4.78, 5) is 38.3. The van der Waals surface area contributed by atoms with Gasteiger partial charge in [0.25, 0.3) is 11.8 Å². The molecule has 1 aliphatic heterocycles. The van der Waals surface area contributed by atoms with E-state index in [1.54, 1.807) is 32.3 Å². The molecule has 0 aromatic heterocycles. The van der Waals surface area contributed by atoms with Crippen LogP contribution in [0.5, 0.6) is 0 Å². The summed E-state index contributed by atoms with van der Waals surface area (Å²) in [5.74, 6) is -1.52. The smallest absolute Gasteiger partial charge is 0.326 e. The molecule has 0 spiro atoms. The Balaban J connectivity index is 2.26. The summed E-state index contributed by atoms with van der Waals surface area (Å²) < 4.78 is 0. The van der Waals surface area contributed by atoms with Gasteiger partial charge in [-0.3, -0.25) is 9.59 Å². The normalized spacial score (nSPS) is 17.6. The van der Waals surface area contributed by atoms with Crippen molar-refractivity contribution in [1.29, 1.82) is 0 Å². The van der Waals surface area contributed by atoms with E-state index in [2.05, 4.69) is 0 Å². The molecule has 1 heterocycles. The van der Waals surface area contributed by atoms with Crippen LogP contribution in [-0.4, -0.2) is 59.4 Å². The number of carbonyl (C=O) groups excluding carboxylic acids is 2. The van der Waals surface area contributed by atoms with E-state index in [0.29, 0.717) is 30.5 Å². The Bertz CT molecular complexity index is 583. The van der Waals surface area contributed by atoms with Crippen molar-refractivity contribution in [2.24, 2.45) is 0 Å². The molecule has 1 aliphatic rings. The van der Waals surface area contributed by atoms with Crippen molar-refractivity contribution in [3.63, 3.8) is 0 Å². The Labute approximate surface area is 123 Å². The third-order valence-corrected chi connectivity index (χ3v) is 3.56. The molecule has 1 fully saturated rings. The molecule has 0 radical (unpaired) electrons. The first-order chi connectivity index (χ1) is 9.91. The summed E-state index contributed by atoms with van der Waals surface area (Å²) in [6.45, 7) is 0.432. The number of hydrogen-bond acceptors (Lipinski definition) is 3. The molecule has 112 valence electrons. The van der Waals surface area contributed by atoms with Crippen molar-refractivity contribution in [2.75, 3.05) is 20.6 Å². The molecule has 2 amide bonds. The number of benzene rings is 1. The average Bonchev–Trinajstić information content (AvgIpc) is 2.95. The van der Waals surface area contributed by atoms with Crippen molar-refractivity contribution < 1.29 is 19.5 Å². The lowest BCUT2D eigenvalue weighted by Crippen LogP contribution is -2.40. The molecule has 1 N–H and O–H groups in total. The Kier molecular flexibility index (Phi) is 4.26. The maximum Gasteiger partial charge on any atom is 0.326 e. The predicted octanol–water partition coefficient (Wildman–Crippen LogP) is 1.08. The standard InChI is InChI=1S/C15H18N2O4/c1-16(2)13(18)10-5-3-6-11(9-10)14(19)17-8-4-7-12(17)15(20)21/h3,5-6,9,12H,4,7-8H2,1-2H3,(H,20,21)/t12-/m1/s1. The number of aliphatic carboxylic acids is 1. The van der Waals surface area contributed by atoms with Gasteiger partial charge in [0.05, 0.1) is 0 Å². The number of carboxylic acids is 1. The van der Waals surface area contributed by atoms with Crippen LogP contribution in [0.1, 0.15) is 33.6 Å². The molecule has 21 heavy (non-hydrogen) atoms. The van der Waals surface area contributed by atoms with Crippen molar-refractivity contribution >= 4 is 17.8 Å². The van der Waals surface area contributed by atoms with Crippen LogP contribution in [0.25, 0.3) is 0 Å². The van der Waals surface area contributed by atoms with E-state index in [0.717, 1.165) is 0 Å². The van der Waals surface area contributed by atoms with Gasteiger partial charge in [0.2, 0.25) is 0 Å². The molecule has 1 saturated heterocycles. The minimum atomic E-state index is -0.985. The highest BCUT2D eigenvalue weighted by Crippen LogP contribution is 2.21. The van der Waals surface area contributed by atoms with E-state index < -0.39 is 12.0 Å². The van der Waals surface area contributed by atoms with Crippen molar-refractivity contribution in [2.45, 2.75) is 18.9 Å². The summed E-state index contributed by atoms with van der Waals surface area (Å²) in [6.07, 6.45) is 1.15. The average molecular weight is 290 g/mol. The number of carboxylic acid groups (broad SMARTS) is 1. The third-order valence-electron chi connectivity index (χ3n) is 3.56. The van der Waals surface area contributed by atoms with Gasteiger partial charge in [-0.05, 0) is 31.0 Å². The second-order valence-electron chi connectivity index (χ2n) is 5.28. The number of carbonyl (C=O) groups is 3. The molecule has 0 bridgehead atoms. The lowest BCUT2D eigenvalue weighted by molar-refractivity contribution is -0.141. The number of nitrogens with zero attached hydrogens (tertiary/aromatic N) is 2. The van der Waals surface area contributed by atoms with Crippen molar-refractivity contribution in [3.05, 3.63) is 35.4 Å². The van der Waals surface area contributed by atoms with Gasteiger partial charge in [-0.25, -0.2) is 4.79 Å². The number of likely N-dealkylation sites (tertiary alicyclic amines) is 1. The monoisotopic (exact) mass is 290 g/mol. The lowest BCUT2D eigenvalue weighted by atomic mass is 10.1. The second-order valence-corrected chi connectivity index (χ2v) is 5.28.